The van der Waals surface area contributed by atoms with Crippen molar-refractivity contribution in [1.29, 1.82) is 0 Å². The van der Waals surface area contributed by atoms with E-state index >= 15 is 0 Å². The number of hydrogen-bond donors (Lipinski definition) is 2. The molecule has 21 heavy (non-hydrogen) atoms. The summed E-state index contributed by atoms with van der Waals surface area (Å²) in [6.07, 6.45) is 6.24. The minimum Gasteiger partial charge on any atom is -0.394 e. The summed E-state index contributed by atoms with van der Waals surface area (Å²) in [5, 5.41) is 16.8. The second kappa shape index (κ2) is 5.94. The Labute approximate surface area is 128 Å². The smallest absolute Gasteiger partial charge is 0.287 e. The van der Waals surface area contributed by atoms with E-state index in [9.17, 15) is 4.79 Å². The molecule has 2 atom stereocenters. The Bertz CT molecular complexity index is 565. The number of aliphatic hydroxyl groups is 1. The third-order valence-corrected chi connectivity index (χ3v) is 5.01. The van der Waals surface area contributed by atoms with E-state index in [4.69, 9.17) is 16.7 Å². The first-order valence-electron chi connectivity index (χ1n) is 7.45. The van der Waals surface area contributed by atoms with E-state index in [0.29, 0.717) is 23.8 Å². The second-order valence-electron chi connectivity index (χ2n) is 5.97. The zero-order valence-electron chi connectivity index (χ0n) is 12.1. The molecule has 0 amide bonds. The number of fused-ring (bicyclic) bond motifs is 2. The molecule has 2 fully saturated rings. The predicted molar refractivity (Wildman–Crippen MR) is 82.0 cm³/mol. The number of aromatic nitrogens is 2. The average molecular weight is 313 g/mol. The maximum atomic E-state index is 12.1. The van der Waals surface area contributed by atoms with Gasteiger partial charge in [0.15, 0.2) is 0 Å². The van der Waals surface area contributed by atoms with Crippen molar-refractivity contribution in [2.45, 2.75) is 50.4 Å². The summed E-state index contributed by atoms with van der Waals surface area (Å²) in [6, 6.07) is 1.55. The molecule has 1 aromatic rings. The molecule has 2 aliphatic heterocycles. The zero-order valence-corrected chi connectivity index (χ0v) is 12.9. The fourth-order valence-electron chi connectivity index (χ4n) is 3.50. The summed E-state index contributed by atoms with van der Waals surface area (Å²) in [6.45, 7) is 0.0378. The van der Waals surface area contributed by atoms with Crippen LogP contribution in [-0.2, 0) is 6.54 Å². The summed E-state index contributed by atoms with van der Waals surface area (Å²) in [4.78, 5) is 14.2. The van der Waals surface area contributed by atoms with E-state index < -0.39 is 0 Å². The number of nitrogens with zero attached hydrogens (tertiary/aromatic N) is 3. The van der Waals surface area contributed by atoms with Crippen molar-refractivity contribution in [1.82, 2.24) is 15.1 Å². The number of halogens is 1. The molecule has 7 heteroatoms. The van der Waals surface area contributed by atoms with Crippen molar-refractivity contribution in [2.24, 2.45) is 0 Å². The minimum absolute atomic E-state index is 0.129. The van der Waals surface area contributed by atoms with Crippen LogP contribution in [0.15, 0.2) is 11.0 Å². The predicted octanol–water partition coefficient (Wildman–Crippen LogP) is 0.608. The van der Waals surface area contributed by atoms with Crippen LogP contribution in [0.4, 0.5) is 5.69 Å². The largest absolute Gasteiger partial charge is 0.394 e. The lowest BCUT2D eigenvalue weighted by molar-refractivity contribution is 0.266. The molecule has 0 radical (unpaired) electrons. The highest BCUT2D eigenvalue weighted by Crippen LogP contribution is 2.32. The standard InChI is InChI=1S/C14H21ClN4O2/c1-18(11-6-9-2-3-10(7-11)17-9)12-8-16-19(4-5-20)14(21)13(12)15/h8-11,17,20H,2-7H2,1H3. The molecule has 116 valence electrons. The summed E-state index contributed by atoms with van der Waals surface area (Å²) in [5.41, 5.74) is 0.342. The Hall–Kier alpha value is -1.11. The molecule has 3 rings (SSSR count). The van der Waals surface area contributed by atoms with Gasteiger partial charge in [0.05, 0.1) is 25.0 Å². The summed E-state index contributed by atoms with van der Waals surface area (Å²) >= 11 is 6.22. The zero-order chi connectivity index (χ0) is 15.0. The average Bonchev–Trinajstić information content (AvgIpc) is 2.82. The summed E-state index contributed by atoms with van der Waals surface area (Å²) in [5.74, 6) is 0. The van der Waals surface area contributed by atoms with Crippen molar-refractivity contribution in [3.05, 3.63) is 21.6 Å². The molecule has 2 saturated heterocycles. The fraction of sp³-hybridized carbons (Fsp3) is 0.714. The molecule has 2 unspecified atom stereocenters. The van der Waals surface area contributed by atoms with Crippen LogP contribution in [0.1, 0.15) is 25.7 Å². The molecule has 2 aliphatic rings. The highest BCUT2D eigenvalue weighted by molar-refractivity contribution is 6.33. The third-order valence-electron chi connectivity index (χ3n) is 4.65. The van der Waals surface area contributed by atoms with Gasteiger partial charge in [-0.15, -0.1) is 0 Å². The number of hydrogen-bond acceptors (Lipinski definition) is 5. The van der Waals surface area contributed by atoms with Gasteiger partial charge < -0.3 is 15.3 Å². The first-order valence-corrected chi connectivity index (χ1v) is 7.83. The third kappa shape index (κ3) is 2.80. The fourth-order valence-corrected chi connectivity index (χ4v) is 3.78. The van der Waals surface area contributed by atoms with Crippen LogP contribution < -0.4 is 15.8 Å². The lowest BCUT2D eigenvalue weighted by Crippen LogP contribution is -2.47. The lowest BCUT2D eigenvalue weighted by atomic mass is 9.98. The molecule has 3 heterocycles. The van der Waals surface area contributed by atoms with Crippen LogP contribution in [0.5, 0.6) is 0 Å². The Kier molecular flexibility index (Phi) is 4.19. The minimum atomic E-state index is -0.341. The quantitative estimate of drug-likeness (QED) is 0.852. The van der Waals surface area contributed by atoms with Crippen LogP contribution in [0.25, 0.3) is 0 Å². The first kappa shape index (κ1) is 14.8. The molecular formula is C14H21ClN4O2. The molecule has 0 aliphatic carbocycles. The van der Waals surface area contributed by atoms with Gasteiger partial charge in [0, 0.05) is 25.2 Å². The van der Waals surface area contributed by atoms with Gasteiger partial charge >= 0.3 is 0 Å². The molecule has 0 aromatic carbocycles. The highest BCUT2D eigenvalue weighted by atomic mass is 35.5. The van der Waals surface area contributed by atoms with Crippen molar-refractivity contribution < 1.29 is 5.11 Å². The number of nitrogens with one attached hydrogen (secondary N) is 1. The lowest BCUT2D eigenvalue weighted by Gasteiger charge is -2.37. The van der Waals surface area contributed by atoms with Gasteiger partial charge in [-0.05, 0) is 25.7 Å². The van der Waals surface area contributed by atoms with Crippen molar-refractivity contribution in [3.63, 3.8) is 0 Å². The van der Waals surface area contributed by atoms with Gasteiger partial charge in [0.25, 0.3) is 5.56 Å². The van der Waals surface area contributed by atoms with Crippen molar-refractivity contribution >= 4 is 17.3 Å². The summed E-state index contributed by atoms with van der Waals surface area (Å²) in [7, 11) is 1.98. The molecular weight excluding hydrogens is 292 g/mol. The van der Waals surface area contributed by atoms with E-state index in [1.165, 1.54) is 17.5 Å². The Morgan fingerprint density at radius 3 is 2.76 bits per heavy atom. The molecule has 2 bridgehead atoms. The van der Waals surface area contributed by atoms with Gasteiger partial charge in [-0.25, -0.2) is 4.68 Å². The second-order valence-corrected chi connectivity index (χ2v) is 6.35. The number of aliphatic hydroxyl groups excluding tert-OH is 1. The van der Waals surface area contributed by atoms with E-state index in [-0.39, 0.29) is 23.7 Å². The maximum Gasteiger partial charge on any atom is 0.287 e. The molecule has 0 saturated carbocycles. The van der Waals surface area contributed by atoms with Crippen molar-refractivity contribution in [3.8, 4) is 0 Å². The normalized spacial score (nSPS) is 27.9. The molecule has 2 N–H and O–H groups in total. The van der Waals surface area contributed by atoms with Gasteiger partial charge in [-0.2, -0.15) is 5.10 Å². The van der Waals surface area contributed by atoms with E-state index in [2.05, 4.69) is 15.3 Å². The van der Waals surface area contributed by atoms with E-state index in [0.717, 1.165) is 12.8 Å². The van der Waals surface area contributed by atoms with Gasteiger partial charge in [-0.3, -0.25) is 4.79 Å². The first-order chi connectivity index (χ1) is 10.1. The number of piperidine rings is 1. The SMILES string of the molecule is CN(c1cnn(CCO)c(=O)c1Cl)C1CC2CCC(C1)N2. The van der Waals surface area contributed by atoms with Gasteiger partial charge in [0.2, 0.25) is 0 Å². The Morgan fingerprint density at radius 2 is 2.14 bits per heavy atom. The monoisotopic (exact) mass is 312 g/mol. The molecule has 0 spiro atoms. The van der Waals surface area contributed by atoms with Crippen LogP contribution >= 0.6 is 11.6 Å². The summed E-state index contributed by atoms with van der Waals surface area (Å²) < 4.78 is 1.20. The maximum absolute atomic E-state index is 12.1. The highest BCUT2D eigenvalue weighted by Gasteiger charge is 2.35. The van der Waals surface area contributed by atoms with Crippen LogP contribution in [0.3, 0.4) is 0 Å². The molecule has 1 aromatic heterocycles. The molecule has 6 nitrogen and oxygen atoms in total. The number of anilines is 1. The Morgan fingerprint density at radius 1 is 1.48 bits per heavy atom. The van der Waals surface area contributed by atoms with Gasteiger partial charge in [-0.1, -0.05) is 11.6 Å². The van der Waals surface area contributed by atoms with Crippen LogP contribution in [0.2, 0.25) is 5.02 Å². The van der Waals surface area contributed by atoms with Gasteiger partial charge in [0.1, 0.15) is 5.02 Å². The Balaban J connectivity index is 1.83. The van der Waals surface area contributed by atoms with Crippen LogP contribution in [0, 0.1) is 0 Å². The topological polar surface area (TPSA) is 70.4 Å². The number of rotatable bonds is 4. The van der Waals surface area contributed by atoms with E-state index in [1.807, 2.05) is 7.05 Å². The van der Waals surface area contributed by atoms with E-state index in [1.54, 1.807) is 6.20 Å². The van der Waals surface area contributed by atoms with Crippen LogP contribution in [-0.4, -0.2) is 46.7 Å². The van der Waals surface area contributed by atoms with Crippen molar-refractivity contribution in [2.75, 3.05) is 18.6 Å².